The van der Waals surface area contributed by atoms with Crippen molar-refractivity contribution in [1.82, 2.24) is 0 Å². The summed E-state index contributed by atoms with van der Waals surface area (Å²) in [7, 11) is 0. The van der Waals surface area contributed by atoms with Gasteiger partial charge in [-0.15, -0.1) is 0 Å². The SMILES string of the molecule is CC.CC1(O)CCCC1. The average molecular weight is 130 g/mol. The lowest BCUT2D eigenvalue weighted by Crippen LogP contribution is -2.17. The summed E-state index contributed by atoms with van der Waals surface area (Å²) in [6.45, 7) is 5.92. The van der Waals surface area contributed by atoms with Crippen molar-refractivity contribution < 1.29 is 5.11 Å². The van der Waals surface area contributed by atoms with E-state index in [0.717, 1.165) is 12.8 Å². The van der Waals surface area contributed by atoms with Crippen LogP contribution >= 0.6 is 0 Å². The van der Waals surface area contributed by atoms with E-state index in [-0.39, 0.29) is 5.60 Å². The Balaban J connectivity index is 0.000000291. The molecule has 1 aliphatic carbocycles. The van der Waals surface area contributed by atoms with Gasteiger partial charge in [-0.3, -0.25) is 0 Å². The Morgan fingerprint density at radius 1 is 1.11 bits per heavy atom. The van der Waals surface area contributed by atoms with E-state index in [9.17, 15) is 5.11 Å². The minimum atomic E-state index is -0.306. The molecule has 0 spiro atoms. The first-order valence-corrected chi connectivity index (χ1v) is 3.93. The molecular formula is C8H18O. The van der Waals surface area contributed by atoms with Crippen LogP contribution in [-0.4, -0.2) is 10.7 Å². The van der Waals surface area contributed by atoms with Crippen molar-refractivity contribution in [1.29, 1.82) is 0 Å². The smallest absolute Gasteiger partial charge is 0.0619 e. The number of rotatable bonds is 0. The molecule has 1 heteroatoms. The molecule has 0 amide bonds. The van der Waals surface area contributed by atoms with Crippen molar-refractivity contribution in [3.05, 3.63) is 0 Å². The van der Waals surface area contributed by atoms with Crippen LogP contribution in [0, 0.1) is 0 Å². The molecule has 0 atom stereocenters. The van der Waals surface area contributed by atoms with Gasteiger partial charge >= 0.3 is 0 Å². The van der Waals surface area contributed by atoms with Crippen LogP contribution in [0.25, 0.3) is 0 Å². The molecule has 56 valence electrons. The van der Waals surface area contributed by atoms with Gasteiger partial charge in [0.05, 0.1) is 5.60 Å². The standard InChI is InChI=1S/C6H12O.C2H6/c1-6(7)4-2-3-5-6;1-2/h7H,2-5H2,1H3;1-2H3. The van der Waals surface area contributed by atoms with Crippen molar-refractivity contribution in [3.8, 4) is 0 Å². The molecular weight excluding hydrogens is 112 g/mol. The molecule has 1 N–H and O–H groups in total. The van der Waals surface area contributed by atoms with E-state index in [1.807, 2.05) is 20.8 Å². The zero-order valence-corrected chi connectivity index (χ0v) is 6.78. The molecule has 0 aromatic carbocycles. The van der Waals surface area contributed by atoms with E-state index >= 15 is 0 Å². The molecule has 1 saturated carbocycles. The second kappa shape index (κ2) is 3.89. The van der Waals surface area contributed by atoms with Gasteiger partial charge < -0.3 is 5.11 Å². The summed E-state index contributed by atoms with van der Waals surface area (Å²) in [4.78, 5) is 0. The highest BCUT2D eigenvalue weighted by molar-refractivity contribution is 4.78. The van der Waals surface area contributed by atoms with E-state index in [1.54, 1.807) is 0 Å². The maximum absolute atomic E-state index is 9.19. The summed E-state index contributed by atoms with van der Waals surface area (Å²) in [5.41, 5.74) is -0.306. The van der Waals surface area contributed by atoms with Crippen molar-refractivity contribution in [2.45, 2.75) is 52.1 Å². The molecule has 1 aliphatic rings. The minimum absolute atomic E-state index is 0.306. The predicted octanol–water partition coefficient (Wildman–Crippen LogP) is 2.34. The second-order valence-electron chi connectivity index (χ2n) is 2.70. The summed E-state index contributed by atoms with van der Waals surface area (Å²) in [5, 5.41) is 9.19. The lowest BCUT2D eigenvalue weighted by Gasteiger charge is -2.12. The monoisotopic (exact) mass is 130 g/mol. The normalized spacial score (nSPS) is 22.7. The minimum Gasteiger partial charge on any atom is -0.390 e. The lowest BCUT2D eigenvalue weighted by atomic mass is 10.1. The molecule has 0 bridgehead atoms. The van der Waals surface area contributed by atoms with Gasteiger partial charge in [0.1, 0.15) is 0 Å². The number of hydrogen-bond acceptors (Lipinski definition) is 1. The molecule has 0 aromatic heterocycles. The molecule has 0 aliphatic heterocycles. The highest BCUT2D eigenvalue weighted by Crippen LogP contribution is 2.27. The van der Waals surface area contributed by atoms with Gasteiger partial charge in [-0.2, -0.15) is 0 Å². The first-order chi connectivity index (χ1) is 4.21. The van der Waals surface area contributed by atoms with Crippen molar-refractivity contribution >= 4 is 0 Å². The number of aliphatic hydroxyl groups is 1. The van der Waals surface area contributed by atoms with Crippen molar-refractivity contribution in [2.24, 2.45) is 0 Å². The van der Waals surface area contributed by atoms with Gasteiger partial charge in [-0.05, 0) is 19.8 Å². The van der Waals surface area contributed by atoms with E-state index < -0.39 is 0 Å². The van der Waals surface area contributed by atoms with Crippen LogP contribution in [0.2, 0.25) is 0 Å². The Bertz CT molecular complexity index is 59.0. The predicted molar refractivity (Wildman–Crippen MR) is 40.4 cm³/mol. The third-order valence-electron chi connectivity index (χ3n) is 1.68. The van der Waals surface area contributed by atoms with E-state index in [2.05, 4.69) is 0 Å². The van der Waals surface area contributed by atoms with Crippen LogP contribution in [0.3, 0.4) is 0 Å². The van der Waals surface area contributed by atoms with Gasteiger partial charge in [0.15, 0.2) is 0 Å². The number of hydrogen-bond donors (Lipinski definition) is 1. The fourth-order valence-corrected chi connectivity index (χ4v) is 1.14. The highest BCUT2D eigenvalue weighted by atomic mass is 16.3. The zero-order chi connectivity index (χ0) is 7.33. The van der Waals surface area contributed by atoms with Crippen molar-refractivity contribution in [3.63, 3.8) is 0 Å². The van der Waals surface area contributed by atoms with Crippen LogP contribution in [0.1, 0.15) is 46.5 Å². The summed E-state index contributed by atoms with van der Waals surface area (Å²) in [6, 6.07) is 0. The highest BCUT2D eigenvalue weighted by Gasteiger charge is 2.24. The van der Waals surface area contributed by atoms with Gasteiger partial charge in [0.25, 0.3) is 0 Å². The summed E-state index contributed by atoms with van der Waals surface area (Å²) >= 11 is 0. The molecule has 0 unspecified atom stereocenters. The maximum Gasteiger partial charge on any atom is 0.0619 e. The molecule has 0 heterocycles. The topological polar surface area (TPSA) is 20.2 Å². The van der Waals surface area contributed by atoms with Gasteiger partial charge in [0, 0.05) is 0 Å². The Morgan fingerprint density at radius 2 is 1.44 bits per heavy atom. The van der Waals surface area contributed by atoms with E-state index in [1.165, 1.54) is 12.8 Å². The van der Waals surface area contributed by atoms with Gasteiger partial charge in [-0.25, -0.2) is 0 Å². The van der Waals surface area contributed by atoms with Gasteiger partial charge in [0.2, 0.25) is 0 Å². The van der Waals surface area contributed by atoms with Crippen molar-refractivity contribution in [2.75, 3.05) is 0 Å². The summed E-state index contributed by atoms with van der Waals surface area (Å²) in [5.74, 6) is 0. The first-order valence-electron chi connectivity index (χ1n) is 3.93. The van der Waals surface area contributed by atoms with Crippen LogP contribution in [0.4, 0.5) is 0 Å². The average Bonchev–Trinajstić information content (AvgIpc) is 2.19. The van der Waals surface area contributed by atoms with Crippen LogP contribution in [-0.2, 0) is 0 Å². The maximum atomic E-state index is 9.19. The summed E-state index contributed by atoms with van der Waals surface area (Å²) < 4.78 is 0. The zero-order valence-electron chi connectivity index (χ0n) is 6.78. The van der Waals surface area contributed by atoms with E-state index in [4.69, 9.17) is 0 Å². The molecule has 0 radical (unpaired) electrons. The quantitative estimate of drug-likeness (QED) is 0.533. The molecule has 9 heavy (non-hydrogen) atoms. The fraction of sp³-hybridized carbons (Fsp3) is 1.00. The largest absolute Gasteiger partial charge is 0.390 e. The summed E-state index contributed by atoms with van der Waals surface area (Å²) in [6.07, 6.45) is 4.44. The third kappa shape index (κ3) is 3.52. The Labute approximate surface area is 58.1 Å². The van der Waals surface area contributed by atoms with Crippen LogP contribution in [0.15, 0.2) is 0 Å². The van der Waals surface area contributed by atoms with Crippen LogP contribution < -0.4 is 0 Å². The molecule has 0 aromatic rings. The molecule has 1 rings (SSSR count). The van der Waals surface area contributed by atoms with E-state index in [0.29, 0.717) is 0 Å². The first kappa shape index (κ1) is 8.96. The molecule has 0 saturated heterocycles. The molecule has 1 nitrogen and oxygen atoms in total. The Hall–Kier alpha value is -0.0400. The Kier molecular flexibility index (Phi) is 3.87. The third-order valence-corrected chi connectivity index (χ3v) is 1.68. The lowest BCUT2D eigenvalue weighted by molar-refractivity contribution is 0.0681. The molecule has 1 fully saturated rings. The fourth-order valence-electron chi connectivity index (χ4n) is 1.14. The Morgan fingerprint density at radius 3 is 1.56 bits per heavy atom. The van der Waals surface area contributed by atoms with Gasteiger partial charge in [-0.1, -0.05) is 26.7 Å². The van der Waals surface area contributed by atoms with Crippen LogP contribution in [0.5, 0.6) is 0 Å². The second-order valence-corrected chi connectivity index (χ2v) is 2.70.